The number of thiazole rings is 1. The number of hydrogen-bond donors (Lipinski definition) is 0. The Kier molecular flexibility index (Phi) is 5.29. The summed E-state index contributed by atoms with van der Waals surface area (Å²) >= 11 is 1.21. The van der Waals surface area contributed by atoms with Crippen molar-refractivity contribution < 1.29 is 18.5 Å². The van der Waals surface area contributed by atoms with Crippen LogP contribution in [0.4, 0.5) is 14.6 Å². The van der Waals surface area contributed by atoms with Crippen LogP contribution in [0.3, 0.4) is 0 Å². The quantitative estimate of drug-likeness (QED) is 0.232. The Hall–Kier alpha value is -3.79. The number of rotatable bonds is 5. The number of halogens is 2. The van der Waals surface area contributed by atoms with Crippen molar-refractivity contribution in [3.05, 3.63) is 92.5 Å². The van der Waals surface area contributed by atoms with E-state index in [-0.39, 0.29) is 16.4 Å². The molecule has 33 heavy (non-hydrogen) atoms. The molecule has 0 fully saturated rings. The lowest BCUT2D eigenvalue weighted by molar-refractivity contribution is -0.389. The Bertz CT molecular complexity index is 1390. The summed E-state index contributed by atoms with van der Waals surface area (Å²) in [4.78, 5) is 32.4. The molecule has 0 saturated heterocycles. The van der Waals surface area contributed by atoms with Gasteiger partial charge in [0.25, 0.3) is 0 Å². The molecule has 5 rings (SSSR count). The van der Waals surface area contributed by atoms with Crippen LogP contribution < -0.4 is 0 Å². The summed E-state index contributed by atoms with van der Waals surface area (Å²) in [6.07, 6.45) is 4.65. The fourth-order valence-corrected chi connectivity index (χ4v) is 5.04. The van der Waals surface area contributed by atoms with Gasteiger partial charge in [0.15, 0.2) is 10.8 Å². The van der Waals surface area contributed by atoms with Crippen molar-refractivity contribution in [2.75, 3.05) is 0 Å². The van der Waals surface area contributed by atoms with E-state index in [1.54, 1.807) is 4.57 Å². The highest BCUT2D eigenvalue weighted by molar-refractivity contribution is 7.17. The first kappa shape index (κ1) is 21.1. The third-order valence-electron chi connectivity index (χ3n) is 5.59. The predicted octanol–water partition coefficient (Wildman–Crippen LogP) is 5.10. The SMILES string of the molecule is O=C(Cc1c(F)cccc1F)c1nc2c(s1)-c1cc(-n3cnc([N+](=O)[O-])c3)ccc1CCC2. The van der Waals surface area contributed by atoms with Crippen molar-refractivity contribution in [1.82, 2.24) is 14.5 Å². The Morgan fingerprint density at radius 1 is 1.18 bits per heavy atom. The van der Waals surface area contributed by atoms with Crippen LogP contribution >= 0.6 is 11.3 Å². The van der Waals surface area contributed by atoms with Gasteiger partial charge in [-0.15, -0.1) is 11.3 Å². The first-order chi connectivity index (χ1) is 15.9. The Morgan fingerprint density at radius 2 is 1.97 bits per heavy atom. The predicted molar refractivity (Wildman–Crippen MR) is 118 cm³/mol. The summed E-state index contributed by atoms with van der Waals surface area (Å²) in [5, 5.41) is 11.2. The lowest BCUT2D eigenvalue weighted by atomic mass is 10.0. The second-order valence-corrected chi connectivity index (χ2v) is 8.69. The molecular formula is C23H16F2N4O3S. The zero-order chi connectivity index (χ0) is 23.1. The molecule has 2 aromatic carbocycles. The standard InChI is InChI=1S/C23H16F2N4O3S/c24-17-4-2-5-18(25)16(17)10-20(30)23-27-19-6-1-3-13-7-8-14(9-15(13)22(19)33-23)28-11-21(26-12-28)29(31)32/h2,4-5,7-9,11-12H,1,3,6,10H2. The maximum absolute atomic E-state index is 14.0. The second-order valence-electron chi connectivity index (χ2n) is 7.69. The number of imidazole rings is 1. The molecule has 1 aliphatic rings. The summed E-state index contributed by atoms with van der Waals surface area (Å²) in [6, 6.07) is 9.23. The minimum atomic E-state index is -0.758. The zero-order valence-electron chi connectivity index (χ0n) is 17.1. The molecule has 1 aliphatic carbocycles. The van der Waals surface area contributed by atoms with Gasteiger partial charge >= 0.3 is 5.82 Å². The molecule has 2 heterocycles. The van der Waals surface area contributed by atoms with Crippen LogP contribution in [0.2, 0.25) is 0 Å². The van der Waals surface area contributed by atoms with Gasteiger partial charge in [-0.25, -0.2) is 13.8 Å². The van der Waals surface area contributed by atoms with Gasteiger partial charge in [0.2, 0.25) is 6.33 Å². The van der Waals surface area contributed by atoms with Crippen LogP contribution in [0.25, 0.3) is 16.1 Å². The highest BCUT2D eigenvalue weighted by Gasteiger charge is 2.24. The normalized spacial score (nSPS) is 12.7. The molecule has 7 nitrogen and oxygen atoms in total. The molecule has 4 aromatic rings. The van der Waals surface area contributed by atoms with E-state index >= 15 is 0 Å². The molecule has 0 N–H and O–H groups in total. The second kappa shape index (κ2) is 8.28. The Balaban J connectivity index is 1.51. The van der Waals surface area contributed by atoms with Gasteiger partial charge < -0.3 is 10.1 Å². The number of nitrogens with zero attached hydrogens (tertiary/aromatic N) is 4. The fourth-order valence-electron chi connectivity index (χ4n) is 3.94. The monoisotopic (exact) mass is 466 g/mol. The Labute approximate surface area is 190 Å². The minimum absolute atomic E-state index is 0.208. The molecule has 0 radical (unpaired) electrons. The Morgan fingerprint density at radius 3 is 2.70 bits per heavy atom. The molecule has 10 heteroatoms. The summed E-state index contributed by atoms with van der Waals surface area (Å²) in [7, 11) is 0. The van der Waals surface area contributed by atoms with Crippen molar-refractivity contribution in [2.45, 2.75) is 25.7 Å². The summed E-state index contributed by atoms with van der Waals surface area (Å²) in [5.74, 6) is -2.21. The van der Waals surface area contributed by atoms with Gasteiger partial charge in [-0.3, -0.25) is 9.36 Å². The van der Waals surface area contributed by atoms with Crippen molar-refractivity contribution in [3.8, 4) is 16.1 Å². The number of ketones is 1. The van der Waals surface area contributed by atoms with Crippen LogP contribution in [0.5, 0.6) is 0 Å². The van der Waals surface area contributed by atoms with Crippen LogP contribution in [0.15, 0.2) is 48.9 Å². The van der Waals surface area contributed by atoms with Gasteiger partial charge in [0.05, 0.1) is 10.6 Å². The maximum atomic E-state index is 14.0. The number of carbonyl (C=O) groups is 1. The summed E-state index contributed by atoms with van der Waals surface area (Å²) in [5.41, 5.74) is 3.17. The smallest absolute Gasteiger partial charge is 0.358 e. The van der Waals surface area contributed by atoms with Gasteiger partial charge in [-0.05, 0) is 64.6 Å². The number of nitro groups is 1. The lowest BCUT2D eigenvalue weighted by Gasteiger charge is -2.09. The zero-order valence-corrected chi connectivity index (χ0v) is 17.9. The van der Waals surface area contributed by atoms with Crippen molar-refractivity contribution in [2.24, 2.45) is 0 Å². The lowest BCUT2D eigenvalue weighted by Crippen LogP contribution is -2.07. The van der Waals surface area contributed by atoms with Crippen molar-refractivity contribution in [3.63, 3.8) is 0 Å². The number of fused-ring (bicyclic) bond motifs is 3. The molecule has 0 amide bonds. The molecule has 0 bridgehead atoms. The van der Waals surface area contributed by atoms with Gasteiger partial charge in [-0.1, -0.05) is 12.1 Å². The van der Waals surface area contributed by atoms with E-state index < -0.39 is 28.8 Å². The van der Waals surface area contributed by atoms with E-state index in [2.05, 4.69) is 9.97 Å². The first-order valence-electron chi connectivity index (χ1n) is 10.2. The highest BCUT2D eigenvalue weighted by Crippen LogP contribution is 2.38. The molecular weight excluding hydrogens is 450 g/mol. The molecule has 0 unspecified atom stereocenters. The summed E-state index contributed by atoms with van der Waals surface area (Å²) < 4.78 is 29.6. The maximum Gasteiger partial charge on any atom is 0.381 e. The minimum Gasteiger partial charge on any atom is -0.358 e. The van der Waals surface area contributed by atoms with Crippen LogP contribution in [0.1, 0.15) is 33.0 Å². The van der Waals surface area contributed by atoms with Crippen LogP contribution in [-0.4, -0.2) is 25.2 Å². The van der Waals surface area contributed by atoms with E-state index in [1.165, 1.54) is 29.9 Å². The van der Waals surface area contributed by atoms with Crippen molar-refractivity contribution >= 4 is 22.9 Å². The number of carbonyl (C=O) groups excluding carboxylic acids is 1. The largest absolute Gasteiger partial charge is 0.381 e. The van der Waals surface area contributed by atoms with Crippen molar-refractivity contribution in [1.29, 1.82) is 0 Å². The average Bonchev–Trinajstić information content (AvgIpc) is 3.41. The molecule has 166 valence electrons. The van der Waals surface area contributed by atoms with E-state index in [9.17, 15) is 23.7 Å². The van der Waals surface area contributed by atoms with Gasteiger partial charge in [-0.2, -0.15) is 0 Å². The van der Waals surface area contributed by atoms with E-state index in [1.807, 2.05) is 18.2 Å². The third-order valence-corrected chi connectivity index (χ3v) is 6.76. The third kappa shape index (κ3) is 3.93. The van der Waals surface area contributed by atoms with E-state index in [0.29, 0.717) is 12.1 Å². The van der Waals surface area contributed by atoms with E-state index in [4.69, 9.17) is 0 Å². The number of hydrogen-bond acceptors (Lipinski definition) is 6. The number of Topliss-reactive ketones (excluding diaryl/α,β-unsaturated/α-hetero) is 1. The molecule has 0 spiro atoms. The molecule has 2 aromatic heterocycles. The topological polar surface area (TPSA) is 90.9 Å². The van der Waals surface area contributed by atoms with Crippen LogP contribution in [-0.2, 0) is 19.3 Å². The number of aryl methyl sites for hydroxylation is 2. The van der Waals surface area contributed by atoms with Gasteiger partial charge in [0.1, 0.15) is 17.8 Å². The summed E-state index contributed by atoms with van der Waals surface area (Å²) in [6.45, 7) is 0. The highest BCUT2D eigenvalue weighted by atomic mass is 32.1. The number of aromatic nitrogens is 3. The molecule has 0 atom stereocenters. The molecule has 0 aliphatic heterocycles. The van der Waals surface area contributed by atoms with Gasteiger partial charge in [0, 0.05) is 17.7 Å². The van der Waals surface area contributed by atoms with E-state index in [0.717, 1.165) is 46.7 Å². The molecule has 0 saturated carbocycles. The first-order valence-corrected chi connectivity index (χ1v) is 11.0. The fraction of sp³-hybridized carbons (Fsp3) is 0.174. The average molecular weight is 466 g/mol. The van der Waals surface area contributed by atoms with Crippen LogP contribution in [0, 0.1) is 21.7 Å². The number of benzene rings is 2.